The SMILES string of the molecule is CC[C@H](C)C(=O)Nc1ccc(F)cc1N. The van der Waals surface area contributed by atoms with E-state index in [1.165, 1.54) is 18.2 Å². The molecular formula is C11H15FN2O. The van der Waals surface area contributed by atoms with Gasteiger partial charge in [0.1, 0.15) is 5.82 Å². The van der Waals surface area contributed by atoms with Gasteiger partial charge in [-0.1, -0.05) is 13.8 Å². The third kappa shape index (κ3) is 2.94. The van der Waals surface area contributed by atoms with Gasteiger partial charge < -0.3 is 11.1 Å². The number of anilines is 2. The number of nitrogens with two attached hydrogens (primary N) is 1. The van der Waals surface area contributed by atoms with Crippen LogP contribution < -0.4 is 11.1 Å². The Morgan fingerprint density at radius 3 is 2.80 bits per heavy atom. The van der Waals surface area contributed by atoms with Gasteiger partial charge in [-0.05, 0) is 24.6 Å². The molecule has 0 bridgehead atoms. The van der Waals surface area contributed by atoms with Crippen molar-refractivity contribution in [3.05, 3.63) is 24.0 Å². The Balaban J connectivity index is 2.77. The summed E-state index contributed by atoms with van der Waals surface area (Å²) >= 11 is 0. The molecule has 15 heavy (non-hydrogen) atoms. The number of nitrogen functional groups attached to an aromatic ring is 1. The normalized spacial score (nSPS) is 12.2. The fraction of sp³-hybridized carbons (Fsp3) is 0.364. The van der Waals surface area contributed by atoms with Gasteiger partial charge in [-0.15, -0.1) is 0 Å². The van der Waals surface area contributed by atoms with Crippen LogP contribution >= 0.6 is 0 Å². The van der Waals surface area contributed by atoms with Gasteiger partial charge in [0.15, 0.2) is 0 Å². The van der Waals surface area contributed by atoms with Crippen molar-refractivity contribution >= 4 is 17.3 Å². The van der Waals surface area contributed by atoms with Crippen LogP contribution in [0.15, 0.2) is 18.2 Å². The second-order valence-electron chi connectivity index (χ2n) is 3.53. The molecule has 1 amide bonds. The summed E-state index contributed by atoms with van der Waals surface area (Å²) in [6.07, 6.45) is 0.757. The van der Waals surface area contributed by atoms with Crippen LogP contribution in [0.3, 0.4) is 0 Å². The number of benzene rings is 1. The van der Waals surface area contributed by atoms with Crippen molar-refractivity contribution in [3.8, 4) is 0 Å². The van der Waals surface area contributed by atoms with Crippen molar-refractivity contribution in [2.75, 3.05) is 11.1 Å². The number of amides is 1. The lowest BCUT2D eigenvalue weighted by molar-refractivity contribution is -0.119. The van der Waals surface area contributed by atoms with Crippen LogP contribution in [0.1, 0.15) is 20.3 Å². The molecule has 1 aromatic carbocycles. The largest absolute Gasteiger partial charge is 0.397 e. The first kappa shape index (κ1) is 11.5. The maximum absolute atomic E-state index is 12.7. The Kier molecular flexibility index (Phi) is 3.66. The predicted octanol–water partition coefficient (Wildman–Crippen LogP) is 2.39. The highest BCUT2D eigenvalue weighted by molar-refractivity contribution is 5.95. The third-order valence-electron chi connectivity index (χ3n) is 2.33. The number of hydrogen-bond donors (Lipinski definition) is 2. The van der Waals surface area contributed by atoms with E-state index in [-0.39, 0.29) is 17.5 Å². The molecule has 1 atom stereocenters. The minimum Gasteiger partial charge on any atom is -0.397 e. The van der Waals surface area contributed by atoms with Gasteiger partial charge in [0, 0.05) is 5.92 Å². The molecule has 4 heteroatoms. The molecule has 0 saturated heterocycles. The molecule has 0 saturated carbocycles. The molecule has 0 fully saturated rings. The summed E-state index contributed by atoms with van der Waals surface area (Å²) in [5.41, 5.74) is 6.26. The van der Waals surface area contributed by atoms with E-state index >= 15 is 0 Å². The first-order valence-electron chi connectivity index (χ1n) is 4.90. The van der Waals surface area contributed by atoms with Crippen molar-refractivity contribution in [2.24, 2.45) is 5.92 Å². The zero-order chi connectivity index (χ0) is 11.4. The van der Waals surface area contributed by atoms with Crippen molar-refractivity contribution in [1.82, 2.24) is 0 Å². The van der Waals surface area contributed by atoms with E-state index in [9.17, 15) is 9.18 Å². The van der Waals surface area contributed by atoms with Gasteiger partial charge in [-0.25, -0.2) is 4.39 Å². The Labute approximate surface area is 88.5 Å². The maximum Gasteiger partial charge on any atom is 0.227 e. The molecule has 0 aromatic heterocycles. The predicted molar refractivity (Wildman–Crippen MR) is 58.9 cm³/mol. The van der Waals surface area contributed by atoms with Crippen LogP contribution in [-0.2, 0) is 4.79 Å². The summed E-state index contributed by atoms with van der Waals surface area (Å²) in [6, 6.07) is 3.92. The standard InChI is InChI=1S/C11H15FN2O/c1-3-7(2)11(15)14-10-5-4-8(12)6-9(10)13/h4-7H,3,13H2,1-2H3,(H,14,15)/t7-/m0/s1. The molecule has 0 aliphatic rings. The highest BCUT2D eigenvalue weighted by Crippen LogP contribution is 2.20. The lowest BCUT2D eigenvalue weighted by Crippen LogP contribution is -2.20. The fourth-order valence-electron chi connectivity index (χ4n) is 1.09. The van der Waals surface area contributed by atoms with Crippen LogP contribution in [-0.4, -0.2) is 5.91 Å². The summed E-state index contributed by atoms with van der Waals surface area (Å²) < 4.78 is 12.7. The number of nitrogens with one attached hydrogen (secondary N) is 1. The average Bonchev–Trinajstić information content (AvgIpc) is 2.20. The molecule has 1 aromatic rings. The van der Waals surface area contributed by atoms with Crippen molar-refractivity contribution in [1.29, 1.82) is 0 Å². The molecule has 82 valence electrons. The van der Waals surface area contributed by atoms with E-state index in [1.54, 1.807) is 0 Å². The Morgan fingerprint density at radius 1 is 1.60 bits per heavy atom. The molecule has 0 unspecified atom stereocenters. The van der Waals surface area contributed by atoms with Gasteiger partial charge in [0.2, 0.25) is 5.91 Å². The summed E-state index contributed by atoms with van der Waals surface area (Å²) in [5, 5.41) is 2.66. The molecule has 0 aliphatic heterocycles. The molecule has 0 spiro atoms. The number of rotatable bonds is 3. The highest BCUT2D eigenvalue weighted by atomic mass is 19.1. The zero-order valence-electron chi connectivity index (χ0n) is 8.88. The minimum absolute atomic E-state index is 0.0746. The average molecular weight is 210 g/mol. The fourth-order valence-corrected chi connectivity index (χ4v) is 1.09. The third-order valence-corrected chi connectivity index (χ3v) is 2.33. The summed E-state index contributed by atoms with van der Waals surface area (Å²) in [6.45, 7) is 3.76. The number of carbonyl (C=O) groups is 1. The van der Waals surface area contributed by atoms with Gasteiger partial charge in [-0.3, -0.25) is 4.79 Å². The second kappa shape index (κ2) is 4.77. The van der Waals surface area contributed by atoms with Crippen LogP contribution in [0, 0.1) is 11.7 Å². The lowest BCUT2D eigenvalue weighted by Gasteiger charge is -2.11. The molecule has 3 N–H and O–H groups in total. The minimum atomic E-state index is -0.408. The van der Waals surface area contributed by atoms with Gasteiger partial charge >= 0.3 is 0 Å². The van der Waals surface area contributed by atoms with Gasteiger partial charge in [0.05, 0.1) is 11.4 Å². The Hall–Kier alpha value is -1.58. The van der Waals surface area contributed by atoms with Crippen LogP contribution in [0.2, 0.25) is 0 Å². The van der Waals surface area contributed by atoms with Crippen molar-refractivity contribution < 1.29 is 9.18 Å². The molecular weight excluding hydrogens is 195 g/mol. The number of hydrogen-bond acceptors (Lipinski definition) is 2. The Bertz CT molecular complexity index is 366. The summed E-state index contributed by atoms with van der Waals surface area (Å²) in [5.74, 6) is -0.584. The second-order valence-corrected chi connectivity index (χ2v) is 3.53. The summed E-state index contributed by atoms with van der Waals surface area (Å²) in [7, 11) is 0. The van der Waals surface area contributed by atoms with Crippen molar-refractivity contribution in [2.45, 2.75) is 20.3 Å². The van der Waals surface area contributed by atoms with E-state index in [4.69, 9.17) is 5.73 Å². The Morgan fingerprint density at radius 2 is 2.27 bits per heavy atom. The highest BCUT2D eigenvalue weighted by Gasteiger charge is 2.11. The smallest absolute Gasteiger partial charge is 0.227 e. The van der Waals surface area contributed by atoms with E-state index < -0.39 is 5.82 Å². The zero-order valence-corrected chi connectivity index (χ0v) is 8.88. The molecule has 0 radical (unpaired) electrons. The first-order valence-corrected chi connectivity index (χ1v) is 4.90. The maximum atomic E-state index is 12.7. The first-order chi connectivity index (χ1) is 7.04. The van der Waals surface area contributed by atoms with E-state index in [0.717, 1.165) is 6.42 Å². The summed E-state index contributed by atoms with van der Waals surface area (Å²) in [4.78, 5) is 11.5. The van der Waals surface area contributed by atoms with E-state index in [1.807, 2.05) is 13.8 Å². The monoisotopic (exact) mass is 210 g/mol. The number of halogens is 1. The quantitative estimate of drug-likeness (QED) is 0.752. The van der Waals surface area contributed by atoms with E-state index in [0.29, 0.717) is 5.69 Å². The van der Waals surface area contributed by atoms with Gasteiger partial charge in [0.25, 0.3) is 0 Å². The molecule has 0 aliphatic carbocycles. The topological polar surface area (TPSA) is 55.1 Å². The lowest BCUT2D eigenvalue weighted by atomic mass is 10.1. The molecule has 1 rings (SSSR count). The van der Waals surface area contributed by atoms with Gasteiger partial charge in [-0.2, -0.15) is 0 Å². The van der Waals surface area contributed by atoms with Crippen LogP contribution in [0.5, 0.6) is 0 Å². The van der Waals surface area contributed by atoms with Crippen LogP contribution in [0.4, 0.5) is 15.8 Å². The molecule has 0 heterocycles. The number of carbonyl (C=O) groups excluding carboxylic acids is 1. The molecule has 3 nitrogen and oxygen atoms in total. The van der Waals surface area contributed by atoms with Crippen molar-refractivity contribution in [3.63, 3.8) is 0 Å². The van der Waals surface area contributed by atoms with Crippen LogP contribution in [0.25, 0.3) is 0 Å². The van der Waals surface area contributed by atoms with E-state index in [2.05, 4.69) is 5.32 Å².